The molecule has 0 spiro atoms. The van der Waals surface area contributed by atoms with Crippen LogP contribution in [0.5, 0.6) is 0 Å². The first-order chi connectivity index (χ1) is 14.5. The van der Waals surface area contributed by atoms with Gasteiger partial charge in [0.2, 0.25) is 0 Å². The summed E-state index contributed by atoms with van der Waals surface area (Å²) in [4.78, 5) is 20.6. The van der Waals surface area contributed by atoms with Crippen molar-refractivity contribution in [3.05, 3.63) is 65.9 Å². The highest BCUT2D eigenvalue weighted by molar-refractivity contribution is 6.27. The van der Waals surface area contributed by atoms with Crippen molar-refractivity contribution in [1.82, 2.24) is 10.2 Å². The molecule has 2 aromatic carbocycles. The molecule has 1 aliphatic heterocycles. The molecule has 2 heterocycles. The highest BCUT2D eigenvalue weighted by Gasteiger charge is 2.22. The van der Waals surface area contributed by atoms with Crippen molar-refractivity contribution in [2.45, 2.75) is 26.2 Å². The van der Waals surface area contributed by atoms with Crippen LogP contribution in [0.25, 0.3) is 10.8 Å². The van der Waals surface area contributed by atoms with E-state index >= 15 is 0 Å². The van der Waals surface area contributed by atoms with Crippen LogP contribution in [0.3, 0.4) is 0 Å². The van der Waals surface area contributed by atoms with Crippen LogP contribution in [0.1, 0.15) is 24.1 Å². The molecule has 0 unspecified atom stereocenters. The molecule has 0 saturated carbocycles. The fourth-order valence-corrected chi connectivity index (χ4v) is 3.75. The minimum absolute atomic E-state index is 0.772. The summed E-state index contributed by atoms with van der Waals surface area (Å²) < 4.78 is 0. The molecule has 4 rings (SSSR count). The molecule has 2 N–H and O–H groups in total. The highest BCUT2D eigenvalue weighted by atomic mass is 16.4. The number of anilines is 1. The number of carboxylic acid groups (broad SMARTS) is 2. The monoisotopic (exact) mass is 407 g/mol. The first-order valence-electron chi connectivity index (χ1n) is 9.93. The molecule has 1 saturated heterocycles. The second kappa shape index (κ2) is 9.82. The predicted octanol–water partition coefficient (Wildman–Crippen LogP) is 3.55. The van der Waals surface area contributed by atoms with Crippen molar-refractivity contribution < 1.29 is 19.8 Å². The van der Waals surface area contributed by atoms with Crippen molar-refractivity contribution in [2.75, 3.05) is 18.0 Å². The Balaban J connectivity index is 0.000000377. The predicted molar refractivity (Wildman–Crippen MR) is 115 cm³/mol. The van der Waals surface area contributed by atoms with E-state index in [0.29, 0.717) is 0 Å². The molecule has 3 aromatic rings. The zero-order chi connectivity index (χ0) is 21.5. The third-order valence-corrected chi connectivity index (χ3v) is 5.32. The van der Waals surface area contributed by atoms with Crippen LogP contribution in [0, 0.1) is 12.8 Å². The van der Waals surface area contributed by atoms with Crippen LogP contribution < -0.4 is 4.90 Å². The van der Waals surface area contributed by atoms with Gasteiger partial charge in [0.05, 0.1) is 5.69 Å². The lowest BCUT2D eigenvalue weighted by Crippen LogP contribution is -2.35. The average molecular weight is 407 g/mol. The Morgan fingerprint density at radius 2 is 1.47 bits per heavy atom. The van der Waals surface area contributed by atoms with Gasteiger partial charge in [-0.15, -0.1) is 5.10 Å². The number of hydrogen-bond donors (Lipinski definition) is 2. The minimum Gasteiger partial charge on any atom is -0.473 e. The molecule has 1 aromatic heterocycles. The quantitative estimate of drug-likeness (QED) is 0.640. The van der Waals surface area contributed by atoms with Gasteiger partial charge in [0.1, 0.15) is 0 Å². The van der Waals surface area contributed by atoms with Crippen molar-refractivity contribution in [3.63, 3.8) is 0 Å². The van der Waals surface area contributed by atoms with E-state index in [0.717, 1.165) is 30.5 Å². The SMILES string of the molecule is Cc1nnc(N2CCC(Cc3ccccc3)CC2)c2ccccc12.O=C(O)C(=O)O. The normalized spacial score (nSPS) is 14.1. The van der Waals surface area contributed by atoms with Crippen LogP contribution in [0.15, 0.2) is 54.6 Å². The third-order valence-electron chi connectivity index (χ3n) is 5.32. The number of benzene rings is 2. The Hall–Kier alpha value is -3.48. The number of fused-ring (bicyclic) bond motifs is 1. The van der Waals surface area contributed by atoms with Crippen molar-refractivity contribution >= 4 is 28.5 Å². The van der Waals surface area contributed by atoms with Crippen molar-refractivity contribution in [1.29, 1.82) is 0 Å². The maximum Gasteiger partial charge on any atom is 0.414 e. The van der Waals surface area contributed by atoms with E-state index < -0.39 is 11.9 Å². The second-order valence-corrected chi connectivity index (χ2v) is 7.39. The fraction of sp³-hybridized carbons (Fsp3) is 0.304. The second-order valence-electron chi connectivity index (χ2n) is 7.39. The molecular formula is C23H25N3O4. The molecule has 0 radical (unpaired) electrons. The van der Waals surface area contributed by atoms with Gasteiger partial charge in [-0.05, 0) is 37.7 Å². The van der Waals surface area contributed by atoms with Gasteiger partial charge >= 0.3 is 11.9 Å². The van der Waals surface area contributed by atoms with Crippen LogP contribution >= 0.6 is 0 Å². The molecular weight excluding hydrogens is 382 g/mol. The van der Waals surface area contributed by atoms with Crippen LogP contribution in [0.2, 0.25) is 0 Å². The smallest absolute Gasteiger partial charge is 0.414 e. The van der Waals surface area contributed by atoms with Gasteiger partial charge in [-0.2, -0.15) is 5.10 Å². The molecule has 0 bridgehead atoms. The van der Waals surface area contributed by atoms with Gasteiger partial charge in [-0.1, -0.05) is 54.6 Å². The Kier molecular flexibility index (Phi) is 6.95. The molecule has 0 amide bonds. The Morgan fingerprint density at radius 3 is 2.07 bits per heavy atom. The largest absolute Gasteiger partial charge is 0.473 e. The molecule has 1 aliphatic rings. The highest BCUT2D eigenvalue weighted by Crippen LogP contribution is 2.30. The van der Waals surface area contributed by atoms with E-state index in [9.17, 15) is 0 Å². The standard InChI is InChI=1S/C21H23N3.C2H2O4/c1-16-19-9-5-6-10-20(19)21(23-22-16)24-13-11-18(12-14-24)15-17-7-3-2-4-8-17;3-1(4)2(5)6/h2-10,18H,11-15H2,1H3;(H,3,4)(H,5,6). The zero-order valence-electron chi connectivity index (χ0n) is 16.9. The maximum absolute atomic E-state index is 9.10. The number of piperidine rings is 1. The number of rotatable bonds is 3. The molecule has 7 nitrogen and oxygen atoms in total. The number of nitrogens with zero attached hydrogens (tertiary/aromatic N) is 3. The van der Waals surface area contributed by atoms with Crippen molar-refractivity contribution in [3.8, 4) is 0 Å². The summed E-state index contributed by atoms with van der Waals surface area (Å²) >= 11 is 0. The molecule has 0 atom stereocenters. The average Bonchev–Trinajstić information content (AvgIpc) is 2.76. The Labute approximate surface area is 175 Å². The first kappa shape index (κ1) is 21.2. The van der Waals surface area contributed by atoms with Gasteiger partial charge < -0.3 is 15.1 Å². The summed E-state index contributed by atoms with van der Waals surface area (Å²) in [5, 5.41) is 26.1. The van der Waals surface area contributed by atoms with Crippen LogP contribution in [-0.2, 0) is 16.0 Å². The van der Waals surface area contributed by atoms with Crippen LogP contribution in [-0.4, -0.2) is 45.4 Å². The summed E-state index contributed by atoms with van der Waals surface area (Å²) in [6.07, 6.45) is 3.63. The number of aliphatic carboxylic acids is 2. The Morgan fingerprint density at radius 1 is 0.900 bits per heavy atom. The third kappa shape index (κ3) is 5.31. The number of aryl methyl sites for hydroxylation is 1. The molecule has 156 valence electrons. The lowest BCUT2D eigenvalue weighted by atomic mass is 9.90. The lowest BCUT2D eigenvalue weighted by Gasteiger charge is -2.33. The van der Waals surface area contributed by atoms with Gasteiger partial charge in [-0.25, -0.2) is 9.59 Å². The van der Waals surface area contributed by atoms with Gasteiger partial charge in [-0.3, -0.25) is 0 Å². The van der Waals surface area contributed by atoms with E-state index in [1.807, 2.05) is 6.92 Å². The first-order valence-corrected chi connectivity index (χ1v) is 9.93. The lowest BCUT2D eigenvalue weighted by molar-refractivity contribution is -0.159. The topological polar surface area (TPSA) is 104 Å². The summed E-state index contributed by atoms with van der Waals surface area (Å²) in [6, 6.07) is 19.3. The zero-order valence-corrected chi connectivity index (χ0v) is 16.9. The van der Waals surface area contributed by atoms with E-state index in [4.69, 9.17) is 19.8 Å². The maximum atomic E-state index is 9.10. The van der Waals surface area contributed by atoms with Gasteiger partial charge in [0, 0.05) is 23.9 Å². The summed E-state index contributed by atoms with van der Waals surface area (Å²) in [7, 11) is 0. The van der Waals surface area contributed by atoms with E-state index in [1.165, 1.54) is 35.6 Å². The summed E-state index contributed by atoms with van der Waals surface area (Å²) in [5.74, 6) is -1.83. The number of aromatic nitrogens is 2. The van der Waals surface area contributed by atoms with E-state index in [2.05, 4.69) is 69.7 Å². The fourth-order valence-electron chi connectivity index (χ4n) is 3.75. The minimum atomic E-state index is -1.82. The number of hydrogen-bond acceptors (Lipinski definition) is 5. The Bertz CT molecular complexity index is 1000. The molecule has 7 heteroatoms. The molecule has 0 aliphatic carbocycles. The molecule has 30 heavy (non-hydrogen) atoms. The van der Waals surface area contributed by atoms with Crippen molar-refractivity contribution in [2.24, 2.45) is 5.92 Å². The number of carbonyl (C=O) groups is 2. The van der Waals surface area contributed by atoms with E-state index in [-0.39, 0.29) is 0 Å². The van der Waals surface area contributed by atoms with Gasteiger partial charge in [0.25, 0.3) is 0 Å². The summed E-state index contributed by atoms with van der Waals surface area (Å²) in [5.41, 5.74) is 2.46. The molecule has 1 fully saturated rings. The van der Waals surface area contributed by atoms with E-state index in [1.54, 1.807) is 0 Å². The summed E-state index contributed by atoms with van der Waals surface area (Å²) in [6.45, 7) is 4.17. The van der Waals surface area contributed by atoms with Gasteiger partial charge in [0.15, 0.2) is 5.82 Å². The van der Waals surface area contributed by atoms with Crippen LogP contribution in [0.4, 0.5) is 5.82 Å². The number of carboxylic acids is 2.